The zero-order valence-corrected chi connectivity index (χ0v) is 12.2. The third-order valence-corrected chi connectivity index (χ3v) is 3.55. The first kappa shape index (κ1) is 14.6. The molecule has 4 heteroatoms. The van der Waals surface area contributed by atoms with Crippen molar-refractivity contribution >= 4 is 0 Å². The Kier molecular flexibility index (Phi) is 3.84. The lowest BCUT2D eigenvalue weighted by molar-refractivity contribution is -0.749. The molecule has 0 aliphatic carbocycles. The van der Waals surface area contributed by atoms with Crippen LogP contribution in [0.25, 0.3) is 0 Å². The maximum atomic E-state index is 14.1. The summed E-state index contributed by atoms with van der Waals surface area (Å²) in [6.45, 7) is 7.50. The molecule has 0 aliphatic heterocycles. The molecule has 0 N–H and O–H groups in total. The van der Waals surface area contributed by atoms with Crippen LogP contribution in [0, 0.1) is 11.6 Å². The molecule has 0 saturated carbocycles. The standard InChI is InChI=1S/C16H19F2N2/c1-11(2)12-7-9-20(10-14(12)18)16(3,4)15-13(17)6-5-8-19-15/h5-11H,1-4H3/q+1. The van der Waals surface area contributed by atoms with Crippen LogP contribution in [-0.2, 0) is 5.54 Å². The number of nitrogens with zero attached hydrogens (tertiary/aromatic N) is 2. The number of hydrogen-bond donors (Lipinski definition) is 0. The molecular formula is C16H19F2N2+. The van der Waals surface area contributed by atoms with E-state index in [1.165, 1.54) is 12.3 Å². The highest BCUT2D eigenvalue weighted by Crippen LogP contribution is 2.22. The summed E-state index contributed by atoms with van der Waals surface area (Å²) in [5.74, 6) is -0.565. The highest BCUT2D eigenvalue weighted by atomic mass is 19.1. The summed E-state index contributed by atoms with van der Waals surface area (Å²) in [6, 6.07) is 4.65. The number of pyridine rings is 2. The molecule has 0 bridgehead atoms. The monoisotopic (exact) mass is 277 g/mol. The summed E-state index contributed by atoms with van der Waals surface area (Å²) in [5.41, 5.74) is 0.182. The molecule has 0 unspecified atom stereocenters. The third kappa shape index (κ3) is 2.55. The summed E-state index contributed by atoms with van der Waals surface area (Å²) in [6.07, 6.45) is 4.72. The van der Waals surface area contributed by atoms with Crippen LogP contribution >= 0.6 is 0 Å². The fourth-order valence-corrected chi connectivity index (χ4v) is 2.25. The Bertz CT molecular complexity index is 622. The van der Waals surface area contributed by atoms with Gasteiger partial charge in [0.2, 0.25) is 11.7 Å². The second-order valence-corrected chi connectivity index (χ2v) is 5.70. The third-order valence-electron chi connectivity index (χ3n) is 3.55. The fourth-order valence-electron chi connectivity index (χ4n) is 2.25. The topological polar surface area (TPSA) is 16.8 Å². The van der Waals surface area contributed by atoms with Crippen LogP contribution in [-0.4, -0.2) is 4.98 Å². The van der Waals surface area contributed by atoms with Crippen molar-refractivity contribution in [3.63, 3.8) is 0 Å². The summed E-state index contributed by atoms with van der Waals surface area (Å²) in [5, 5.41) is 0. The Morgan fingerprint density at radius 3 is 2.40 bits per heavy atom. The Morgan fingerprint density at radius 1 is 1.15 bits per heavy atom. The molecule has 2 heterocycles. The first-order valence-electron chi connectivity index (χ1n) is 6.66. The largest absolute Gasteiger partial charge is 0.251 e. The van der Waals surface area contributed by atoms with E-state index < -0.39 is 11.4 Å². The van der Waals surface area contributed by atoms with Crippen LogP contribution < -0.4 is 4.57 Å². The van der Waals surface area contributed by atoms with Crippen molar-refractivity contribution in [3.8, 4) is 0 Å². The molecule has 106 valence electrons. The van der Waals surface area contributed by atoms with Gasteiger partial charge in [-0.15, -0.1) is 0 Å². The van der Waals surface area contributed by atoms with Crippen molar-refractivity contribution in [2.45, 2.75) is 39.2 Å². The molecule has 0 amide bonds. The van der Waals surface area contributed by atoms with Gasteiger partial charge in [-0.1, -0.05) is 13.8 Å². The van der Waals surface area contributed by atoms with Crippen LogP contribution in [0.1, 0.15) is 44.9 Å². The van der Waals surface area contributed by atoms with Gasteiger partial charge in [-0.3, -0.25) is 4.98 Å². The molecule has 2 aromatic heterocycles. The summed E-state index contributed by atoms with van der Waals surface area (Å²) in [4.78, 5) is 4.10. The van der Waals surface area contributed by atoms with E-state index in [-0.39, 0.29) is 11.7 Å². The zero-order chi connectivity index (χ0) is 14.9. The van der Waals surface area contributed by atoms with Crippen LogP contribution in [0.15, 0.2) is 36.8 Å². The van der Waals surface area contributed by atoms with Crippen molar-refractivity contribution in [3.05, 3.63) is 59.7 Å². The van der Waals surface area contributed by atoms with Crippen LogP contribution in [0.5, 0.6) is 0 Å². The molecule has 0 saturated heterocycles. The number of aromatic nitrogens is 2. The molecule has 2 nitrogen and oxygen atoms in total. The average molecular weight is 277 g/mol. The predicted molar refractivity (Wildman–Crippen MR) is 73.3 cm³/mol. The Labute approximate surface area is 118 Å². The zero-order valence-electron chi connectivity index (χ0n) is 12.2. The first-order chi connectivity index (χ1) is 9.34. The van der Waals surface area contributed by atoms with Gasteiger partial charge in [-0.2, -0.15) is 4.57 Å². The van der Waals surface area contributed by atoms with Gasteiger partial charge in [-0.25, -0.2) is 8.78 Å². The lowest BCUT2D eigenvalue weighted by Gasteiger charge is -2.20. The van der Waals surface area contributed by atoms with E-state index in [1.807, 2.05) is 27.7 Å². The van der Waals surface area contributed by atoms with Gasteiger partial charge in [0.05, 0.1) is 0 Å². The van der Waals surface area contributed by atoms with E-state index >= 15 is 0 Å². The second-order valence-electron chi connectivity index (χ2n) is 5.70. The number of halogens is 2. The second kappa shape index (κ2) is 5.27. The quantitative estimate of drug-likeness (QED) is 0.784. The van der Waals surface area contributed by atoms with Crippen LogP contribution in [0.4, 0.5) is 8.78 Å². The molecule has 0 fully saturated rings. The molecule has 0 aromatic carbocycles. The highest BCUT2D eigenvalue weighted by molar-refractivity contribution is 5.16. The SMILES string of the molecule is CC(C)c1cc[n+](C(C)(C)c2ncccc2F)cc1F. The smallest absolute Gasteiger partial charge is 0.207 e. The van der Waals surface area contributed by atoms with E-state index in [0.717, 1.165) is 0 Å². The molecule has 0 spiro atoms. The van der Waals surface area contributed by atoms with Crippen molar-refractivity contribution in [1.82, 2.24) is 4.98 Å². The minimum Gasteiger partial charge on any atom is -0.251 e. The summed E-state index contributed by atoms with van der Waals surface area (Å²) >= 11 is 0. The van der Waals surface area contributed by atoms with E-state index in [0.29, 0.717) is 11.3 Å². The van der Waals surface area contributed by atoms with Crippen molar-refractivity contribution in [1.29, 1.82) is 0 Å². The highest BCUT2D eigenvalue weighted by Gasteiger charge is 2.35. The molecule has 2 aromatic rings. The fraction of sp³-hybridized carbons (Fsp3) is 0.375. The molecular weight excluding hydrogens is 258 g/mol. The lowest BCUT2D eigenvalue weighted by atomic mass is 9.97. The Hall–Kier alpha value is -1.84. The van der Waals surface area contributed by atoms with Gasteiger partial charge in [0.25, 0.3) is 0 Å². The van der Waals surface area contributed by atoms with Crippen molar-refractivity contribution in [2.24, 2.45) is 0 Å². The molecule has 2 rings (SSSR count). The molecule has 20 heavy (non-hydrogen) atoms. The maximum Gasteiger partial charge on any atom is 0.207 e. The van der Waals surface area contributed by atoms with E-state index in [9.17, 15) is 8.78 Å². The van der Waals surface area contributed by atoms with E-state index in [4.69, 9.17) is 0 Å². The number of hydrogen-bond acceptors (Lipinski definition) is 1. The normalized spacial score (nSPS) is 11.9. The van der Waals surface area contributed by atoms with Crippen LogP contribution in [0.2, 0.25) is 0 Å². The van der Waals surface area contributed by atoms with Gasteiger partial charge in [0.1, 0.15) is 5.69 Å². The van der Waals surface area contributed by atoms with Crippen LogP contribution in [0.3, 0.4) is 0 Å². The summed E-state index contributed by atoms with van der Waals surface area (Å²) < 4.78 is 29.7. The van der Waals surface area contributed by atoms with Gasteiger partial charge < -0.3 is 0 Å². The first-order valence-corrected chi connectivity index (χ1v) is 6.66. The van der Waals surface area contributed by atoms with Gasteiger partial charge in [-0.05, 0) is 18.1 Å². The van der Waals surface area contributed by atoms with Gasteiger partial charge in [0, 0.05) is 31.7 Å². The average Bonchev–Trinajstić information content (AvgIpc) is 2.38. The maximum absolute atomic E-state index is 14.1. The van der Waals surface area contributed by atoms with E-state index in [1.54, 1.807) is 29.1 Å². The lowest BCUT2D eigenvalue weighted by Crippen LogP contribution is -2.53. The molecule has 0 radical (unpaired) electrons. The van der Waals surface area contributed by atoms with Crippen molar-refractivity contribution < 1.29 is 13.3 Å². The van der Waals surface area contributed by atoms with Gasteiger partial charge >= 0.3 is 0 Å². The summed E-state index contributed by atoms with van der Waals surface area (Å²) in [7, 11) is 0. The van der Waals surface area contributed by atoms with Gasteiger partial charge in [0.15, 0.2) is 17.8 Å². The Morgan fingerprint density at radius 2 is 1.85 bits per heavy atom. The number of rotatable bonds is 3. The minimum absolute atomic E-state index is 0.111. The molecule has 0 atom stereocenters. The predicted octanol–water partition coefficient (Wildman–Crippen LogP) is 3.55. The minimum atomic E-state index is -0.762. The Balaban J connectivity index is 2.50. The molecule has 0 aliphatic rings. The van der Waals surface area contributed by atoms with Crippen molar-refractivity contribution in [2.75, 3.05) is 0 Å². The van der Waals surface area contributed by atoms with E-state index in [2.05, 4.69) is 4.98 Å².